The molecule has 2 heteroatoms. The van der Waals surface area contributed by atoms with Gasteiger partial charge in [-0.3, -0.25) is 4.57 Å². The number of aromatic nitrogens is 2. The minimum absolute atomic E-state index is 0.0380. The van der Waals surface area contributed by atoms with E-state index in [-0.39, 0.29) is 5.41 Å². The van der Waals surface area contributed by atoms with Crippen LogP contribution in [0.1, 0.15) is 31.9 Å². The van der Waals surface area contributed by atoms with Crippen LogP contribution >= 0.6 is 0 Å². The average molecular weight is 463 g/mol. The number of hydrogen-bond acceptors (Lipinski definition) is 1. The van der Waals surface area contributed by atoms with E-state index in [9.17, 15) is 0 Å². The van der Waals surface area contributed by atoms with Crippen molar-refractivity contribution in [3.05, 3.63) is 96.2 Å². The molecule has 0 radical (unpaired) electrons. The van der Waals surface area contributed by atoms with Crippen LogP contribution in [0.15, 0.2) is 85.1 Å². The predicted octanol–water partition coefficient (Wildman–Crippen LogP) is 9.18. The summed E-state index contributed by atoms with van der Waals surface area (Å²) in [6, 6.07) is 29.6. The van der Waals surface area contributed by atoms with Crippen molar-refractivity contribution < 1.29 is 0 Å². The van der Waals surface area contributed by atoms with Crippen molar-refractivity contribution in [3.8, 4) is 28.1 Å². The maximum Gasteiger partial charge on any atom is 0.137 e. The van der Waals surface area contributed by atoms with Crippen LogP contribution in [-0.2, 0) is 5.41 Å². The molecule has 1 aromatic heterocycles. The molecule has 12 bridgehead atoms. The van der Waals surface area contributed by atoms with E-state index in [2.05, 4.69) is 111 Å². The highest BCUT2D eigenvalue weighted by molar-refractivity contribution is 6.32. The van der Waals surface area contributed by atoms with Crippen molar-refractivity contribution in [1.29, 1.82) is 0 Å². The molecule has 3 heterocycles. The van der Waals surface area contributed by atoms with Gasteiger partial charge >= 0.3 is 0 Å². The van der Waals surface area contributed by atoms with Crippen LogP contribution in [-0.4, -0.2) is 9.55 Å². The van der Waals surface area contributed by atoms with E-state index < -0.39 is 0 Å². The SMILES string of the molecule is Cc1cc2c3c(c1)n(-c1cc(C(C)(C)C)ccn1)c1cccc4c1-c1c(cccc12)c1cccc4c1-3. The average Bonchev–Trinajstić information content (AvgIpc) is 2.94. The first-order valence-electron chi connectivity index (χ1n) is 12.7. The zero-order valence-corrected chi connectivity index (χ0v) is 21.0. The van der Waals surface area contributed by atoms with Crippen LogP contribution in [0.4, 0.5) is 0 Å². The maximum absolute atomic E-state index is 4.98. The van der Waals surface area contributed by atoms with Gasteiger partial charge in [0.2, 0.25) is 0 Å². The summed E-state index contributed by atoms with van der Waals surface area (Å²) in [7, 11) is 0. The Kier molecular flexibility index (Phi) is 3.64. The second-order valence-electron chi connectivity index (χ2n) is 11.4. The summed E-state index contributed by atoms with van der Waals surface area (Å²) in [5.41, 5.74) is 10.3. The molecule has 172 valence electrons. The fourth-order valence-corrected chi connectivity index (χ4v) is 6.56. The van der Waals surface area contributed by atoms with Crippen LogP contribution in [0.5, 0.6) is 0 Å². The Balaban J connectivity index is 1.76. The molecule has 2 nitrogen and oxygen atoms in total. The first-order chi connectivity index (χ1) is 17.4. The van der Waals surface area contributed by atoms with Gasteiger partial charge < -0.3 is 0 Å². The first kappa shape index (κ1) is 20.1. The topological polar surface area (TPSA) is 17.8 Å². The van der Waals surface area contributed by atoms with Gasteiger partial charge in [-0.2, -0.15) is 0 Å². The molecule has 0 saturated heterocycles. The number of aryl methyl sites for hydroxylation is 1. The lowest BCUT2D eigenvalue weighted by atomic mass is 9.86. The predicted molar refractivity (Wildman–Crippen MR) is 153 cm³/mol. The summed E-state index contributed by atoms with van der Waals surface area (Å²) in [5, 5.41) is 7.95. The summed E-state index contributed by atoms with van der Waals surface area (Å²) >= 11 is 0. The van der Waals surface area contributed by atoms with E-state index >= 15 is 0 Å². The minimum Gasteiger partial charge on any atom is -0.294 e. The number of hydrogen-bond donors (Lipinski definition) is 0. The summed E-state index contributed by atoms with van der Waals surface area (Å²) in [6.45, 7) is 9.02. The Hall–Kier alpha value is -4.17. The Labute approximate surface area is 210 Å². The lowest BCUT2D eigenvalue weighted by molar-refractivity contribution is 0.588. The third kappa shape index (κ3) is 2.39. The summed E-state index contributed by atoms with van der Waals surface area (Å²) in [5.74, 6) is 0.974. The van der Waals surface area contributed by atoms with E-state index in [0.29, 0.717) is 0 Å². The molecule has 2 aliphatic carbocycles. The highest BCUT2D eigenvalue weighted by Gasteiger charge is 2.28. The smallest absolute Gasteiger partial charge is 0.137 e. The Morgan fingerprint density at radius 3 is 1.78 bits per heavy atom. The van der Waals surface area contributed by atoms with Gasteiger partial charge in [-0.1, -0.05) is 75.4 Å². The minimum atomic E-state index is 0.0380. The van der Waals surface area contributed by atoms with Crippen molar-refractivity contribution in [1.82, 2.24) is 9.55 Å². The molecule has 4 aromatic carbocycles. The van der Waals surface area contributed by atoms with E-state index in [1.54, 1.807) is 0 Å². The quantitative estimate of drug-likeness (QED) is 0.238. The fourth-order valence-electron chi connectivity index (χ4n) is 6.56. The third-order valence-electron chi connectivity index (χ3n) is 8.13. The molecule has 9 rings (SSSR count). The molecule has 36 heavy (non-hydrogen) atoms. The van der Waals surface area contributed by atoms with Crippen LogP contribution in [0.25, 0.3) is 71.4 Å². The standard InChI is InChI=1S/C34H26N2/c1-19-16-26-25-11-6-9-22-21-8-5-10-23-24-12-7-13-27(32(24)31(22)25)36(28(17-19)33(26)30(21)23)29-18-20(14-15-35-29)34(2,3)4/h5-18H,1-4H3. The summed E-state index contributed by atoms with van der Waals surface area (Å²) in [6.07, 6.45) is 1.97. The van der Waals surface area contributed by atoms with Gasteiger partial charge in [0.05, 0.1) is 11.0 Å². The lowest BCUT2D eigenvalue weighted by Crippen LogP contribution is -2.13. The van der Waals surface area contributed by atoms with Crippen molar-refractivity contribution in [2.24, 2.45) is 0 Å². The molecule has 0 unspecified atom stereocenters. The molecule has 0 amide bonds. The molecular formula is C34H26N2. The largest absolute Gasteiger partial charge is 0.294 e. The van der Waals surface area contributed by atoms with Gasteiger partial charge in [-0.15, -0.1) is 0 Å². The fraction of sp³-hybridized carbons (Fsp3) is 0.147. The Morgan fingerprint density at radius 1 is 0.583 bits per heavy atom. The molecule has 0 N–H and O–H groups in total. The molecule has 2 aliphatic heterocycles. The first-order valence-corrected chi connectivity index (χ1v) is 12.7. The maximum atomic E-state index is 4.98. The summed E-state index contributed by atoms with van der Waals surface area (Å²) < 4.78 is 2.42. The number of pyridine rings is 1. The number of benzene rings is 4. The Morgan fingerprint density at radius 2 is 1.14 bits per heavy atom. The second kappa shape index (κ2) is 6.53. The molecule has 4 aliphatic rings. The molecule has 5 aromatic rings. The highest BCUT2D eigenvalue weighted by Crippen LogP contribution is 2.54. The number of nitrogens with zero attached hydrogens (tertiary/aromatic N) is 2. The monoisotopic (exact) mass is 462 g/mol. The van der Waals surface area contributed by atoms with Crippen molar-refractivity contribution >= 4 is 43.4 Å². The molecule has 0 saturated carbocycles. The van der Waals surface area contributed by atoms with Gasteiger partial charge in [-0.05, 0) is 80.0 Å². The van der Waals surface area contributed by atoms with Gasteiger partial charge in [0.15, 0.2) is 0 Å². The van der Waals surface area contributed by atoms with Gasteiger partial charge in [0.1, 0.15) is 5.82 Å². The lowest BCUT2D eigenvalue weighted by Gasteiger charge is -2.25. The Bertz CT molecular complexity index is 2030. The van der Waals surface area contributed by atoms with E-state index in [4.69, 9.17) is 4.98 Å². The van der Waals surface area contributed by atoms with Crippen LogP contribution in [0.3, 0.4) is 0 Å². The van der Waals surface area contributed by atoms with Crippen LogP contribution in [0, 0.1) is 6.92 Å². The van der Waals surface area contributed by atoms with Crippen molar-refractivity contribution in [2.75, 3.05) is 0 Å². The van der Waals surface area contributed by atoms with E-state index in [0.717, 1.165) is 5.82 Å². The van der Waals surface area contributed by atoms with Crippen LogP contribution < -0.4 is 0 Å². The van der Waals surface area contributed by atoms with Gasteiger partial charge in [-0.25, -0.2) is 4.98 Å². The van der Waals surface area contributed by atoms with Crippen molar-refractivity contribution in [2.45, 2.75) is 33.1 Å². The van der Waals surface area contributed by atoms with Crippen molar-refractivity contribution in [3.63, 3.8) is 0 Å². The normalized spacial score (nSPS) is 13.0. The zero-order chi connectivity index (χ0) is 24.3. The van der Waals surface area contributed by atoms with Gasteiger partial charge in [0, 0.05) is 28.5 Å². The molecule has 0 fully saturated rings. The summed E-state index contributed by atoms with van der Waals surface area (Å²) in [4.78, 5) is 4.98. The zero-order valence-electron chi connectivity index (χ0n) is 21.0. The van der Waals surface area contributed by atoms with Crippen LogP contribution in [0.2, 0.25) is 0 Å². The number of rotatable bonds is 1. The van der Waals surface area contributed by atoms with Gasteiger partial charge in [0.25, 0.3) is 0 Å². The molecular weight excluding hydrogens is 436 g/mol. The van der Waals surface area contributed by atoms with E-state index in [1.165, 1.54) is 76.7 Å². The highest BCUT2D eigenvalue weighted by atomic mass is 15.1. The molecule has 0 spiro atoms. The van der Waals surface area contributed by atoms with E-state index in [1.807, 2.05) is 6.20 Å². The third-order valence-corrected chi connectivity index (χ3v) is 8.13. The molecule has 0 atom stereocenters. The second-order valence-corrected chi connectivity index (χ2v) is 11.4.